The fourth-order valence-corrected chi connectivity index (χ4v) is 1.40. The van der Waals surface area contributed by atoms with Crippen molar-refractivity contribution in [3.8, 4) is 0 Å². The highest BCUT2D eigenvalue weighted by atomic mass is 16.5. The van der Waals surface area contributed by atoms with E-state index in [1.165, 1.54) is 5.56 Å². The summed E-state index contributed by atoms with van der Waals surface area (Å²) in [5.74, 6) is 0. The molecule has 96 valence electrons. The van der Waals surface area contributed by atoms with Gasteiger partial charge in [-0.15, -0.1) is 0 Å². The van der Waals surface area contributed by atoms with Crippen LogP contribution in [0.2, 0.25) is 0 Å². The van der Waals surface area contributed by atoms with Crippen molar-refractivity contribution in [2.45, 2.75) is 26.5 Å². The molecule has 0 unspecified atom stereocenters. The Labute approximate surface area is 103 Å². The maximum Gasteiger partial charge on any atom is 0.0887 e. The highest BCUT2D eigenvalue weighted by molar-refractivity contribution is 5.13. The lowest BCUT2D eigenvalue weighted by Gasteiger charge is -2.05. The summed E-state index contributed by atoms with van der Waals surface area (Å²) < 4.78 is 10.4. The van der Waals surface area contributed by atoms with Crippen LogP contribution in [0.4, 0.5) is 0 Å². The summed E-state index contributed by atoms with van der Waals surface area (Å²) in [6.45, 7) is 5.98. The van der Waals surface area contributed by atoms with E-state index in [1.54, 1.807) is 7.11 Å². The van der Waals surface area contributed by atoms with E-state index in [0.717, 1.165) is 31.8 Å². The van der Waals surface area contributed by atoms with Gasteiger partial charge in [-0.2, -0.15) is 0 Å². The maximum absolute atomic E-state index is 5.48. The molecule has 0 saturated heterocycles. The molecular weight excluding hydrogens is 216 g/mol. The van der Waals surface area contributed by atoms with Gasteiger partial charge < -0.3 is 14.8 Å². The van der Waals surface area contributed by atoms with E-state index in [9.17, 15) is 0 Å². The van der Waals surface area contributed by atoms with Crippen molar-refractivity contribution in [1.82, 2.24) is 10.3 Å². The first-order valence-electron chi connectivity index (χ1n) is 6.08. The van der Waals surface area contributed by atoms with Crippen LogP contribution >= 0.6 is 0 Å². The third kappa shape index (κ3) is 6.36. The summed E-state index contributed by atoms with van der Waals surface area (Å²) in [5.41, 5.74) is 2.18. The second-order valence-corrected chi connectivity index (χ2v) is 3.84. The Bertz CT molecular complexity index is 288. The lowest BCUT2D eigenvalue weighted by molar-refractivity contribution is 0.0910. The van der Waals surface area contributed by atoms with Gasteiger partial charge in [0, 0.05) is 33.1 Å². The van der Waals surface area contributed by atoms with Crippen LogP contribution in [-0.2, 0) is 22.6 Å². The predicted octanol–water partition coefficient (Wildman–Crippen LogP) is 1.74. The fraction of sp³-hybridized carbons (Fsp3) is 0.615. The van der Waals surface area contributed by atoms with Gasteiger partial charge in [0.15, 0.2) is 0 Å². The average Bonchev–Trinajstić information content (AvgIpc) is 2.37. The summed E-state index contributed by atoms with van der Waals surface area (Å²) in [4.78, 5) is 4.35. The minimum atomic E-state index is 0.575. The minimum Gasteiger partial charge on any atom is -0.385 e. The van der Waals surface area contributed by atoms with Crippen LogP contribution in [0, 0.1) is 0 Å². The molecule has 0 spiro atoms. The Morgan fingerprint density at radius 1 is 1.29 bits per heavy atom. The molecule has 4 nitrogen and oxygen atoms in total. The van der Waals surface area contributed by atoms with E-state index in [0.29, 0.717) is 13.2 Å². The summed E-state index contributed by atoms with van der Waals surface area (Å²) in [5, 5.41) is 3.27. The molecule has 17 heavy (non-hydrogen) atoms. The molecule has 0 amide bonds. The number of ether oxygens (including phenoxy) is 2. The number of hydrogen-bond donors (Lipinski definition) is 1. The molecule has 0 atom stereocenters. The molecule has 1 aromatic rings. The topological polar surface area (TPSA) is 43.4 Å². The van der Waals surface area contributed by atoms with Crippen molar-refractivity contribution in [2.24, 2.45) is 0 Å². The van der Waals surface area contributed by atoms with Gasteiger partial charge >= 0.3 is 0 Å². The third-order valence-electron chi connectivity index (χ3n) is 2.35. The van der Waals surface area contributed by atoms with Gasteiger partial charge in [-0.3, -0.25) is 4.98 Å². The van der Waals surface area contributed by atoms with E-state index in [-0.39, 0.29) is 0 Å². The molecule has 0 aliphatic rings. The summed E-state index contributed by atoms with van der Waals surface area (Å²) in [6, 6.07) is 4.10. The second kappa shape index (κ2) is 9.10. The number of aromatic nitrogens is 1. The normalized spacial score (nSPS) is 10.7. The van der Waals surface area contributed by atoms with Gasteiger partial charge in [0.25, 0.3) is 0 Å². The van der Waals surface area contributed by atoms with Gasteiger partial charge in [0.1, 0.15) is 0 Å². The molecular formula is C13H22N2O2. The largest absolute Gasteiger partial charge is 0.385 e. The average molecular weight is 238 g/mol. The van der Waals surface area contributed by atoms with Crippen molar-refractivity contribution in [1.29, 1.82) is 0 Å². The van der Waals surface area contributed by atoms with E-state index in [4.69, 9.17) is 9.47 Å². The van der Waals surface area contributed by atoms with Gasteiger partial charge in [0.05, 0.1) is 12.3 Å². The number of nitrogens with one attached hydrogen (secondary N) is 1. The molecule has 0 aliphatic carbocycles. The lowest BCUT2D eigenvalue weighted by Crippen LogP contribution is -2.12. The highest BCUT2D eigenvalue weighted by Crippen LogP contribution is 2.02. The van der Waals surface area contributed by atoms with Crippen LogP contribution in [0.5, 0.6) is 0 Å². The Kier molecular flexibility index (Phi) is 7.54. The van der Waals surface area contributed by atoms with Crippen molar-refractivity contribution >= 4 is 0 Å². The first-order valence-corrected chi connectivity index (χ1v) is 6.08. The van der Waals surface area contributed by atoms with Crippen molar-refractivity contribution in [3.05, 3.63) is 29.6 Å². The Hall–Kier alpha value is -0.970. The Morgan fingerprint density at radius 3 is 2.82 bits per heavy atom. The molecule has 1 aromatic heterocycles. The van der Waals surface area contributed by atoms with Crippen molar-refractivity contribution in [3.63, 3.8) is 0 Å². The molecule has 0 bridgehead atoms. The Balaban J connectivity index is 2.20. The molecule has 4 heteroatoms. The molecule has 0 saturated carbocycles. The van der Waals surface area contributed by atoms with Crippen molar-refractivity contribution in [2.75, 3.05) is 26.9 Å². The highest BCUT2D eigenvalue weighted by Gasteiger charge is 1.96. The van der Waals surface area contributed by atoms with Crippen LogP contribution in [0.1, 0.15) is 24.6 Å². The van der Waals surface area contributed by atoms with Crippen LogP contribution < -0.4 is 5.32 Å². The predicted molar refractivity (Wildman–Crippen MR) is 67.8 cm³/mol. The summed E-state index contributed by atoms with van der Waals surface area (Å²) >= 11 is 0. The molecule has 0 fully saturated rings. The Morgan fingerprint density at radius 2 is 2.18 bits per heavy atom. The summed E-state index contributed by atoms with van der Waals surface area (Å²) in [7, 11) is 1.70. The van der Waals surface area contributed by atoms with Crippen LogP contribution in [-0.4, -0.2) is 31.9 Å². The standard InChI is InChI=1S/C13H22N2O2/c1-3-14-9-12-5-6-13(15-10-12)11-17-8-4-7-16-2/h5-6,10,14H,3-4,7-9,11H2,1-2H3. The lowest BCUT2D eigenvalue weighted by atomic mass is 10.2. The number of rotatable bonds is 9. The fourth-order valence-electron chi connectivity index (χ4n) is 1.40. The molecule has 1 N–H and O–H groups in total. The first kappa shape index (κ1) is 14.1. The monoisotopic (exact) mass is 238 g/mol. The van der Waals surface area contributed by atoms with Gasteiger partial charge in [0.2, 0.25) is 0 Å². The first-order chi connectivity index (χ1) is 8.36. The smallest absolute Gasteiger partial charge is 0.0887 e. The summed E-state index contributed by atoms with van der Waals surface area (Å²) in [6.07, 6.45) is 2.82. The molecule has 1 rings (SSSR count). The SMILES string of the molecule is CCNCc1ccc(COCCCOC)nc1. The van der Waals surface area contributed by atoms with Gasteiger partial charge in [-0.1, -0.05) is 13.0 Å². The van der Waals surface area contributed by atoms with E-state index < -0.39 is 0 Å². The number of pyridine rings is 1. The van der Waals surface area contributed by atoms with Crippen LogP contribution in [0.25, 0.3) is 0 Å². The number of hydrogen-bond acceptors (Lipinski definition) is 4. The molecule has 0 radical (unpaired) electrons. The zero-order chi connectivity index (χ0) is 12.3. The van der Waals surface area contributed by atoms with Crippen LogP contribution in [0.15, 0.2) is 18.3 Å². The molecule has 0 aliphatic heterocycles. The second-order valence-electron chi connectivity index (χ2n) is 3.84. The number of nitrogens with zero attached hydrogens (tertiary/aromatic N) is 1. The number of methoxy groups -OCH3 is 1. The van der Waals surface area contributed by atoms with Crippen LogP contribution in [0.3, 0.4) is 0 Å². The minimum absolute atomic E-state index is 0.575. The van der Waals surface area contributed by atoms with Gasteiger partial charge in [-0.05, 0) is 24.6 Å². The van der Waals surface area contributed by atoms with E-state index in [1.807, 2.05) is 12.3 Å². The van der Waals surface area contributed by atoms with Crippen molar-refractivity contribution < 1.29 is 9.47 Å². The zero-order valence-electron chi connectivity index (χ0n) is 10.7. The van der Waals surface area contributed by atoms with E-state index >= 15 is 0 Å². The molecule has 0 aromatic carbocycles. The molecule has 1 heterocycles. The quantitative estimate of drug-likeness (QED) is 0.666. The zero-order valence-corrected chi connectivity index (χ0v) is 10.7. The van der Waals surface area contributed by atoms with E-state index in [2.05, 4.69) is 23.3 Å². The maximum atomic E-state index is 5.48. The van der Waals surface area contributed by atoms with Gasteiger partial charge in [-0.25, -0.2) is 0 Å². The third-order valence-corrected chi connectivity index (χ3v) is 2.35.